The van der Waals surface area contributed by atoms with Gasteiger partial charge in [-0.2, -0.15) is 0 Å². The lowest BCUT2D eigenvalue weighted by Gasteiger charge is -2.38. The summed E-state index contributed by atoms with van der Waals surface area (Å²) in [5.41, 5.74) is 7.01. The molecule has 2 heterocycles. The van der Waals surface area contributed by atoms with Crippen molar-refractivity contribution in [2.24, 2.45) is 22.6 Å². The van der Waals surface area contributed by atoms with E-state index in [9.17, 15) is 9.59 Å². The first kappa shape index (κ1) is 21.9. The first-order valence-electron chi connectivity index (χ1n) is 10.8. The molecule has 4 rings (SSSR count). The van der Waals surface area contributed by atoms with Gasteiger partial charge in [-0.3, -0.25) is 14.5 Å². The van der Waals surface area contributed by atoms with Crippen molar-refractivity contribution in [3.63, 3.8) is 0 Å². The number of guanidine groups is 1. The zero-order chi connectivity index (χ0) is 22.7. The molecule has 168 valence electrons. The van der Waals surface area contributed by atoms with Crippen molar-refractivity contribution in [2.75, 3.05) is 6.54 Å². The summed E-state index contributed by atoms with van der Waals surface area (Å²) in [6, 6.07) is 3.65. The van der Waals surface area contributed by atoms with Gasteiger partial charge in [0.25, 0.3) is 0 Å². The Bertz CT molecular complexity index is 972. The van der Waals surface area contributed by atoms with E-state index in [0.29, 0.717) is 24.4 Å². The fourth-order valence-corrected chi connectivity index (χ4v) is 4.76. The van der Waals surface area contributed by atoms with Gasteiger partial charge in [-0.05, 0) is 64.7 Å². The van der Waals surface area contributed by atoms with Crippen LogP contribution >= 0.6 is 11.6 Å². The minimum atomic E-state index is -0.471. The molecule has 31 heavy (non-hydrogen) atoms. The minimum absolute atomic E-state index is 0.00403. The van der Waals surface area contributed by atoms with Crippen LogP contribution in [0, 0.1) is 18.8 Å². The van der Waals surface area contributed by atoms with E-state index < -0.39 is 11.1 Å². The number of fused-ring (bicyclic) bond motifs is 1. The van der Waals surface area contributed by atoms with E-state index in [2.05, 4.69) is 10.3 Å². The standard InChI is InChI=1S/C23H31ClN4O3/c1-12-6-18-15(8-16(12)24)17(9-23(4,5)31-18)26-20(30)14-7-13(14)11-28-19(29)10-22(2,3)27-21(28)25/h6,8,13-14,17H,7,9-11H2,1-5H3,(H2,25,27)(H,26,30)/t13?,14-,17?/m1/s1. The number of ether oxygens (including phenoxy) is 1. The van der Waals surface area contributed by atoms with E-state index in [4.69, 9.17) is 22.1 Å². The van der Waals surface area contributed by atoms with Crippen molar-refractivity contribution >= 4 is 29.4 Å². The molecule has 0 radical (unpaired) electrons. The molecular weight excluding hydrogens is 416 g/mol. The molecule has 1 aliphatic carbocycles. The van der Waals surface area contributed by atoms with E-state index in [1.54, 1.807) is 0 Å². The summed E-state index contributed by atoms with van der Waals surface area (Å²) < 4.78 is 6.12. The van der Waals surface area contributed by atoms with Crippen LogP contribution in [0.1, 0.15) is 64.1 Å². The number of nitrogens with two attached hydrogens (primary N) is 1. The van der Waals surface area contributed by atoms with Crippen molar-refractivity contribution in [3.05, 3.63) is 28.3 Å². The molecule has 8 heteroatoms. The van der Waals surface area contributed by atoms with Crippen LogP contribution in [-0.2, 0) is 9.59 Å². The lowest BCUT2D eigenvalue weighted by Crippen LogP contribution is -2.50. The Hall–Kier alpha value is -2.28. The van der Waals surface area contributed by atoms with Crippen molar-refractivity contribution in [1.82, 2.24) is 10.2 Å². The maximum atomic E-state index is 13.0. The summed E-state index contributed by atoms with van der Waals surface area (Å²) in [5, 5.41) is 3.86. The second kappa shape index (κ2) is 7.40. The highest BCUT2D eigenvalue weighted by Gasteiger charge is 2.47. The highest BCUT2D eigenvalue weighted by Crippen LogP contribution is 2.44. The number of halogens is 1. The molecule has 3 atom stereocenters. The van der Waals surface area contributed by atoms with Gasteiger partial charge in [0.2, 0.25) is 11.8 Å². The van der Waals surface area contributed by atoms with E-state index in [1.165, 1.54) is 4.90 Å². The second-order valence-corrected chi connectivity index (χ2v) is 10.7. The monoisotopic (exact) mass is 446 g/mol. The van der Waals surface area contributed by atoms with Gasteiger partial charge in [-0.25, -0.2) is 4.99 Å². The van der Waals surface area contributed by atoms with E-state index in [1.807, 2.05) is 46.8 Å². The summed E-state index contributed by atoms with van der Waals surface area (Å²) in [5.74, 6) is 0.932. The van der Waals surface area contributed by atoms with Crippen LogP contribution in [0.25, 0.3) is 0 Å². The molecule has 3 aliphatic rings. The van der Waals surface area contributed by atoms with Crippen molar-refractivity contribution in [1.29, 1.82) is 0 Å². The summed E-state index contributed by atoms with van der Waals surface area (Å²) in [6.45, 7) is 10.2. The Labute approximate surface area is 188 Å². The largest absolute Gasteiger partial charge is 0.487 e. The topological polar surface area (TPSA) is 97.0 Å². The molecule has 0 spiro atoms. The molecule has 1 saturated carbocycles. The van der Waals surface area contributed by atoms with Crippen molar-refractivity contribution in [2.45, 2.75) is 71.1 Å². The number of benzene rings is 1. The van der Waals surface area contributed by atoms with Gasteiger partial charge >= 0.3 is 0 Å². The first-order chi connectivity index (χ1) is 14.3. The average Bonchev–Trinajstić information content (AvgIpc) is 3.38. The highest BCUT2D eigenvalue weighted by molar-refractivity contribution is 6.31. The van der Waals surface area contributed by atoms with E-state index in [0.717, 1.165) is 23.3 Å². The maximum Gasteiger partial charge on any atom is 0.231 e. The summed E-state index contributed by atoms with van der Waals surface area (Å²) in [6.07, 6.45) is 1.72. The van der Waals surface area contributed by atoms with Crippen LogP contribution in [0.15, 0.2) is 17.1 Å². The van der Waals surface area contributed by atoms with Crippen LogP contribution in [0.4, 0.5) is 0 Å². The minimum Gasteiger partial charge on any atom is -0.487 e. The lowest BCUT2D eigenvalue weighted by molar-refractivity contribution is -0.130. The van der Waals surface area contributed by atoms with Crippen LogP contribution in [0.5, 0.6) is 5.75 Å². The quantitative estimate of drug-likeness (QED) is 0.741. The van der Waals surface area contributed by atoms with Gasteiger partial charge in [0.15, 0.2) is 5.96 Å². The molecule has 0 aromatic heterocycles. The number of aliphatic imine (C=N–C) groups is 1. The van der Waals surface area contributed by atoms with Crippen LogP contribution in [0.3, 0.4) is 0 Å². The molecule has 0 bridgehead atoms. The van der Waals surface area contributed by atoms with Gasteiger partial charge in [-0.15, -0.1) is 0 Å². The maximum absolute atomic E-state index is 13.0. The van der Waals surface area contributed by atoms with Crippen LogP contribution in [0.2, 0.25) is 5.02 Å². The average molecular weight is 447 g/mol. The zero-order valence-corrected chi connectivity index (χ0v) is 19.5. The number of nitrogens with one attached hydrogen (secondary N) is 1. The third-order valence-corrected chi connectivity index (χ3v) is 6.73. The summed E-state index contributed by atoms with van der Waals surface area (Å²) >= 11 is 6.34. The Morgan fingerprint density at radius 3 is 2.74 bits per heavy atom. The molecule has 1 aromatic rings. The smallest absolute Gasteiger partial charge is 0.231 e. The molecule has 7 nitrogen and oxygen atoms in total. The number of aryl methyl sites for hydroxylation is 1. The van der Waals surface area contributed by atoms with Gasteiger partial charge in [0, 0.05) is 29.5 Å². The van der Waals surface area contributed by atoms with Crippen LogP contribution in [-0.4, -0.2) is 40.4 Å². The second-order valence-electron chi connectivity index (χ2n) is 10.3. The number of hydrogen-bond acceptors (Lipinski definition) is 5. The van der Waals surface area contributed by atoms with Crippen molar-refractivity contribution in [3.8, 4) is 5.75 Å². The SMILES string of the molecule is Cc1cc2c(cc1Cl)C(NC(=O)[C@@H]1CC1CN1C(=O)CC(C)(C)N=C1N)CC(C)(C)O2. The van der Waals surface area contributed by atoms with Crippen molar-refractivity contribution < 1.29 is 14.3 Å². The molecule has 2 unspecified atom stereocenters. The third kappa shape index (κ3) is 4.52. The molecule has 1 fully saturated rings. The fraction of sp³-hybridized carbons (Fsp3) is 0.609. The van der Waals surface area contributed by atoms with E-state index in [-0.39, 0.29) is 35.7 Å². The summed E-state index contributed by atoms with van der Waals surface area (Å²) in [7, 11) is 0. The molecule has 0 saturated heterocycles. The molecule has 3 N–H and O–H groups in total. The van der Waals surface area contributed by atoms with Gasteiger partial charge in [-0.1, -0.05) is 11.6 Å². The normalized spacial score (nSPS) is 28.3. The Morgan fingerprint density at radius 2 is 2.06 bits per heavy atom. The summed E-state index contributed by atoms with van der Waals surface area (Å²) in [4.78, 5) is 31.4. The Balaban J connectivity index is 1.43. The number of carbonyl (C=O) groups is 2. The lowest BCUT2D eigenvalue weighted by atomic mass is 9.89. The Kier molecular flexibility index (Phi) is 5.23. The predicted molar refractivity (Wildman–Crippen MR) is 120 cm³/mol. The molecule has 2 amide bonds. The highest BCUT2D eigenvalue weighted by atomic mass is 35.5. The third-order valence-electron chi connectivity index (χ3n) is 6.32. The van der Waals surface area contributed by atoms with E-state index >= 15 is 0 Å². The van der Waals surface area contributed by atoms with Gasteiger partial charge < -0.3 is 15.8 Å². The van der Waals surface area contributed by atoms with Crippen LogP contribution < -0.4 is 15.8 Å². The molecular formula is C23H31ClN4O3. The number of rotatable bonds is 4. The number of amides is 2. The Morgan fingerprint density at radius 1 is 1.35 bits per heavy atom. The number of hydrogen-bond donors (Lipinski definition) is 2. The number of nitrogens with zero attached hydrogens (tertiary/aromatic N) is 2. The number of carbonyl (C=O) groups excluding carboxylic acids is 2. The predicted octanol–water partition coefficient (Wildman–Crippen LogP) is 3.33. The van der Waals surface area contributed by atoms with Gasteiger partial charge in [0.05, 0.1) is 18.0 Å². The fourth-order valence-electron chi connectivity index (χ4n) is 4.58. The zero-order valence-electron chi connectivity index (χ0n) is 18.8. The molecule has 2 aliphatic heterocycles. The molecule has 1 aromatic carbocycles. The first-order valence-corrected chi connectivity index (χ1v) is 11.2. The van der Waals surface area contributed by atoms with Gasteiger partial charge in [0.1, 0.15) is 11.4 Å².